The molecule has 1 aromatic carbocycles. The topological polar surface area (TPSA) is 124 Å². The molecule has 11 nitrogen and oxygen atoms in total. The maximum Gasteiger partial charge on any atom is 0.273 e. The van der Waals surface area contributed by atoms with Crippen molar-refractivity contribution in [3.05, 3.63) is 59.4 Å². The Morgan fingerprint density at radius 2 is 1.82 bits per heavy atom. The standard InChI is InChI=1S/C26H30FN7O4/c1-17-24(34-16-23(31-32-34)26(36)29-14-18-2-6-37-7-3-18)13-21(15-28-17)30-25(35)19-10-20(27)12-22(11-19)33-4-8-38-9-5-33/h10-13,15-16,18H,2-9,14H2,1H3,(H,29,36)(H,30,35). The molecule has 12 heteroatoms. The fraction of sp³-hybridized carbons (Fsp3) is 0.423. The van der Waals surface area contributed by atoms with Crippen LogP contribution in [-0.2, 0) is 9.47 Å². The molecule has 0 spiro atoms. The largest absolute Gasteiger partial charge is 0.381 e. The molecule has 2 aliphatic rings. The van der Waals surface area contributed by atoms with Crippen molar-refractivity contribution in [1.29, 1.82) is 0 Å². The predicted octanol–water partition coefficient (Wildman–Crippen LogP) is 2.36. The van der Waals surface area contributed by atoms with E-state index >= 15 is 0 Å². The van der Waals surface area contributed by atoms with Crippen molar-refractivity contribution >= 4 is 23.2 Å². The fourth-order valence-corrected chi connectivity index (χ4v) is 4.50. The smallest absolute Gasteiger partial charge is 0.273 e. The first-order valence-corrected chi connectivity index (χ1v) is 12.7. The summed E-state index contributed by atoms with van der Waals surface area (Å²) in [6, 6.07) is 5.95. The number of rotatable bonds is 7. The maximum atomic E-state index is 14.3. The summed E-state index contributed by atoms with van der Waals surface area (Å²) in [5.74, 6) is -0.882. The molecule has 0 unspecified atom stereocenters. The second-order valence-corrected chi connectivity index (χ2v) is 9.39. The monoisotopic (exact) mass is 523 g/mol. The van der Waals surface area contributed by atoms with Gasteiger partial charge in [-0.25, -0.2) is 9.07 Å². The fourth-order valence-electron chi connectivity index (χ4n) is 4.50. The molecule has 0 bridgehead atoms. The van der Waals surface area contributed by atoms with E-state index in [1.165, 1.54) is 29.2 Å². The molecule has 200 valence electrons. The van der Waals surface area contributed by atoms with E-state index in [0.29, 0.717) is 74.7 Å². The normalized spacial score (nSPS) is 16.3. The summed E-state index contributed by atoms with van der Waals surface area (Å²) in [4.78, 5) is 31.9. The van der Waals surface area contributed by atoms with Crippen LogP contribution in [0.1, 0.15) is 39.4 Å². The summed E-state index contributed by atoms with van der Waals surface area (Å²) < 4.78 is 26.5. The number of carbonyl (C=O) groups excluding carboxylic acids is 2. The highest BCUT2D eigenvalue weighted by Crippen LogP contribution is 2.22. The Morgan fingerprint density at radius 3 is 2.61 bits per heavy atom. The number of aryl methyl sites for hydroxylation is 1. The molecule has 0 aliphatic carbocycles. The van der Waals surface area contributed by atoms with Gasteiger partial charge in [-0.15, -0.1) is 5.10 Å². The van der Waals surface area contributed by atoms with E-state index in [-0.39, 0.29) is 17.2 Å². The van der Waals surface area contributed by atoms with E-state index in [0.717, 1.165) is 12.8 Å². The van der Waals surface area contributed by atoms with Gasteiger partial charge in [0.15, 0.2) is 5.69 Å². The second-order valence-electron chi connectivity index (χ2n) is 9.39. The van der Waals surface area contributed by atoms with Crippen molar-refractivity contribution in [2.75, 3.05) is 56.3 Å². The molecule has 2 amide bonds. The van der Waals surface area contributed by atoms with E-state index in [1.807, 2.05) is 4.90 Å². The lowest BCUT2D eigenvalue weighted by molar-refractivity contribution is 0.0642. The summed E-state index contributed by atoms with van der Waals surface area (Å²) in [6.07, 6.45) is 4.87. The number of aromatic nitrogens is 4. The first kappa shape index (κ1) is 25.7. The van der Waals surface area contributed by atoms with Crippen molar-refractivity contribution in [3.63, 3.8) is 0 Å². The molecule has 2 saturated heterocycles. The minimum Gasteiger partial charge on any atom is -0.381 e. The summed E-state index contributed by atoms with van der Waals surface area (Å²) in [5, 5.41) is 13.8. The minimum absolute atomic E-state index is 0.182. The molecular formula is C26H30FN7O4. The Morgan fingerprint density at radius 1 is 1.05 bits per heavy atom. The number of amides is 2. The molecular weight excluding hydrogens is 493 g/mol. The van der Waals surface area contributed by atoms with Crippen molar-refractivity contribution in [1.82, 2.24) is 25.3 Å². The first-order chi connectivity index (χ1) is 18.5. The lowest BCUT2D eigenvalue weighted by atomic mass is 10.0. The maximum absolute atomic E-state index is 14.3. The number of nitrogens with zero attached hydrogens (tertiary/aromatic N) is 5. The van der Waals surface area contributed by atoms with Gasteiger partial charge in [0.25, 0.3) is 11.8 Å². The minimum atomic E-state index is -0.493. The van der Waals surface area contributed by atoms with Crippen LogP contribution in [-0.4, -0.2) is 77.9 Å². The van der Waals surface area contributed by atoms with E-state index in [2.05, 4.69) is 25.9 Å². The van der Waals surface area contributed by atoms with Gasteiger partial charge in [-0.05, 0) is 49.9 Å². The van der Waals surface area contributed by atoms with E-state index in [1.54, 1.807) is 19.1 Å². The van der Waals surface area contributed by atoms with Gasteiger partial charge in [0, 0.05) is 44.1 Å². The van der Waals surface area contributed by atoms with Crippen molar-refractivity contribution in [2.45, 2.75) is 19.8 Å². The summed E-state index contributed by atoms with van der Waals surface area (Å²) in [7, 11) is 0. The van der Waals surface area contributed by atoms with Crippen LogP contribution in [0.2, 0.25) is 0 Å². The molecule has 5 rings (SSSR count). The van der Waals surface area contributed by atoms with Gasteiger partial charge in [0.05, 0.1) is 42.7 Å². The third-order valence-corrected chi connectivity index (χ3v) is 6.70. The molecule has 0 saturated carbocycles. The Kier molecular flexibility index (Phi) is 7.89. The molecule has 0 atom stereocenters. The number of nitrogens with one attached hydrogen (secondary N) is 2. The van der Waals surface area contributed by atoms with E-state index < -0.39 is 11.7 Å². The number of morpholine rings is 1. The average molecular weight is 524 g/mol. The highest BCUT2D eigenvalue weighted by Gasteiger charge is 2.19. The summed E-state index contributed by atoms with van der Waals surface area (Å²) in [6.45, 7) is 6.13. The van der Waals surface area contributed by atoms with Gasteiger partial charge >= 0.3 is 0 Å². The van der Waals surface area contributed by atoms with Crippen molar-refractivity contribution in [3.8, 4) is 5.69 Å². The Balaban J connectivity index is 1.27. The number of halogens is 1. The zero-order valence-corrected chi connectivity index (χ0v) is 21.2. The predicted molar refractivity (Wildman–Crippen MR) is 137 cm³/mol. The lowest BCUT2D eigenvalue weighted by Gasteiger charge is -2.29. The van der Waals surface area contributed by atoms with Crippen molar-refractivity contribution in [2.24, 2.45) is 5.92 Å². The molecule has 38 heavy (non-hydrogen) atoms. The van der Waals surface area contributed by atoms with Crippen LogP contribution in [0.3, 0.4) is 0 Å². The molecule has 3 aromatic rings. The highest BCUT2D eigenvalue weighted by atomic mass is 19.1. The second kappa shape index (κ2) is 11.7. The molecule has 2 N–H and O–H groups in total. The van der Waals surface area contributed by atoms with Gasteiger partial charge in [-0.2, -0.15) is 0 Å². The van der Waals surface area contributed by atoms with Crippen LogP contribution in [0.5, 0.6) is 0 Å². The quantitative estimate of drug-likeness (QED) is 0.484. The number of hydrogen-bond acceptors (Lipinski definition) is 8. The van der Waals surface area contributed by atoms with Crippen LogP contribution < -0.4 is 15.5 Å². The number of ether oxygens (including phenoxy) is 2. The Bertz CT molecular complexity index is 1300. The van der Waals surface area contributed by atoms with Crippen molar-refractivity contribution < 1.29 is 23.5 Å². The Labute approximate surface area is 219 Å². The Hall–Kier alpha value is -3.90. The SMILES string of the molecule is Cc1ncc(NC(=O)c2cc(F)cc(N3CCOCC3)c2)cc1-n1cc(C(=O)NCC2CCOCC2)nn1. The van der Waals surface area contributed by atoms with E-state index in [9.17, 15) is 14.0 Å². The van der Waals surface area contributed by atoms with Crippen LogP contribution in [0.25, 0.3) is 5.69 Å². The van der Waals surface area contributed by atoms with E-state index in [4.69, 9.17) is 9.47 Å². The lowest BCUT2D eigenvalue weighted by Crippen LogP contribution is -2.36. The molecule has 0 radical (unpaired) electrons. The average Bonchev–Trinajstić information content (AvgIpc) is 3.44. The number of hydrogen-bond donors (Lipinski definition) is 2. The van der Waals surface area contributed by atoms with Gasteiger partial charge in [-0.1, -0.05) is 5.21 Å². The molecule has 2 fully saturated rings. The molecule has 2 aromatic heterocycles. The highest BCUT2D eigenvalue weighted by molar-refractivity contribution is 6.05. The van der Waals surface area contributed by atoms with Crippen LogP contribution in [0.15, 0.2) is 36.7 Å². The first-order valence-electron chi connectivity index (χ1n) is 12.7. The van der Waals surface area contributed by atoms with Crippen LogP contribution in [0, 0.1) is 18.7 Å². The zero-order valence-electron chi connectivity index (χ0n) is 21.2. The summed E-state index contributed by atoms with van der Waals surface area (Å²) in [5.41, 5.74) is 2.58. The number of benzene rings is 1. The van der Waals surface area contributed by atoms with Crippen LogP contribution >= 0.6 is 0 Å². The molecule has 4 heterocycles. The van der Waals surface area contributed by atoms with Gasteiger partial charge in [0.2, 0.25) is 0 Å². The van der Waals surface area contributed by atoms with Gasteiger partial charge in [0.1, 0.15) is 5.82 Å². The third-order valence-electron chi connectivity index (χ3n) is 6.70. The number of anilines is 2. The van der Waals surface area contributed by atoms with Gasteiger partial charge < -0.3 is 25.0 Å². The van der Waals surface area contributed by atoms with Crippen LogP contribution in [0.4, 0.5) is 15.8 Å². The summed E-state index contributed by atoms with van der Waals surface area (Å²) >= 11 is 0. The third kappa shape index (κ3) is 6.14. The zero-order chi connectivity index (χ0) is 26.5. The number of pyridine rings is 1. The number of carbonyl (C=O) groups is 2. The molecule has 2 aliphatic heterocycles. The van der Waals surface area contributed by atoms with Gasteiger partial charge in [-0.3, -0.25) is 14.6 Å².